The molecule has 0 unspecified atom stereocenters. The van der Waals surface area contributed by atoms with E-state index in [0.717, 1.165) is 22.0 Å². The summed E-state index contributed by atoms with van der Waals surface area (Å²) in [7, 11) is 0. The highest BCUT2D eigenvalue weighted by atomic mass is 127. The Morgan fingerprint density at radius 2 is 2.05 bits per heavy atom. The maximum absolute atomic E-state index is 9.23. The number of nitriles is 1. The molecule has 0 N–H and O–H groups in total. The Morgan fingerprint density at radius 1 is 1.25 bits per heavy atom. The Labute approximate surface area is 137 Å². The zero-order chi connectivity index (χ0) is 14.5. The van der Waals surface area contributed by atoms with E-state index < -0.39 is 0 Å². The van der Waals surface area contributed by atoms with Crippen LogP contribution in [-0.4, -0.2) is 4.43 Å². The predicted octanol–water partition coefficient (Wildman–Crippen LogP) is 5.29. The van der Waals surface area contributed by atoms with Crippen LogP contribution in [0.1, 0.15) is 16.7 Å². The first-order chi connectivity index (χ1) is 9.63. The Hall–Kier alpha value is -1.25. The zero-order valence-corrected chi connectivity index (χ0v) is 13.9. The lowest BCUT2D eigenvalue weighted by atomic mass is 10.1. The lowest BCUT2D eigenvalue weighted by Crippen LogP contribution is -1.92. The van der Waals surface area contributed by atoms with Gasteiger partial charge < -0.3 is 4.74 Å². The summed E-state index contributed by atoms with van der Waals surface area (Å²) < 4.78 is 6.81. The van der Waals surface area contributed by atoms with Crippen LogP contribution in [0.25, 0.3) is 0 Å². The van der Waals surface area contributed by atoms with Gasteiger partial charge in [0.25, 0.3) is 0 Å². The molecule has 0 bridgehead atoms. The molecule has 0 fully saturated rings. The molecule has 0 radical (unpaired) electrons. The molecule has 0 saturated carbocycles. The molecule has 0 aromatic heterocycles. The average molecular weight is 398 g/mol. The Bertz CT molecular complexity index is 664. The average Bonchev–Trinajstić information content (AvgIpc) is 2.45. The molecule has 0 atom stereocenters. The van der Waals surface area contributed by atoms with Gasteiger partial charge in [0.2, 0.25) is 0 Å². The van der Waals surface area contributed by atoms with Crippen LogP contribution in [0, 0.1) is 18.3 Å². The second kappa shape index (κ2) is 6.96. The van der Waals surface area contributed by atoms with Crippen molar-refractivity contribution in [2.24, 2.45) is 0 Å². The number of benzene rings is 2. The number of nitrogens with zero attached hydrogens (tertiary/aromatic N) is 1. The predicted molar refractivity (Wildman–Crippen MR) is 90.0 cm³/mol. The molecular formula is C16H13ClINO. The van der Waals surface area contributed by atoms with Crippen LogP contribution in [0.15, 0.2) is 36.4 Å². The molecule has 2 nitrogen and oxygen atoms in total. The fourth-order valence-electron chi connectivity index (χ4n) is 1.83. The maximum Gasteiger partial charge on any atom is 0.145 e. The molecule has 20 heavy (non-hydrogen) atoms. The van der Waals surface area contributed by atoms with Gasteiger partial charge in [-0.2, -0.15) is 5.26 Å². The van der Waals surface area contributed by atoms with E-state index in [9.17, 15) is 5.26 Å². The Kier molecular flexibility index (Phi) is 5.27. The van der Waals surface area contributed by atoms with Gasteiger partial charge in [-0.15, -0.1) is 0 Å². The van der Waals surface area contributed by atoms with E-state index in [-0.39, 0.29) is 0 Å². The summed E-state index contributed by atoms with van der Waals surface area (Å²) in [6.45, 7) is 1.92. The summed E-state index contributed by atoms with van der Waals surface area (Å²) in [4.78, 5) is 0. The third-order valence-corrected chi connectivity index (χ3v) is 3.87. The standard InChI is InChI=1S/C16H13ClINO/c1-11-8-14(3-4-15(11)17)20-16-5-2-12(6-7-18)9-13(16)10-19/h2-5,8-9H,6-7H2,1H3. The van der Waals surface area contributed by atoms with Crippen molar-refractivity contribution in [1.82, 2.24) is 0 Å². The molecule has 2 aromatic carbocycles. The number of hydrogen-bond acceptors (Lipinski definition) is 2. The fraction of sp³-hybridized carbons (Fsp3) is 0.188. The van der Waals surface area contributed by atoms with Gasteiger partial charge in [-0.3, -0.25) is 0 Å². The number of halogens is 2. The lowest BCUT2D eigenvalue weighted by Gasteiger charge is -2.10. The minimum absolute atomic E-state index is 0.556. The molecule has 2 aromatic rings. The lowest BCUT2D eigenvalue weighted by molar-refractivity contribution is 0.480. The Balaban J connectivity index is 2.28. The molecule has 0 heterocycles. The van der Waals surface area contributed by atoms with Gasteiger partial charge in [0.1, 0.15) is 17.6 Å². The Morgan fingerprint density at radius 3 is 2.70 bits per heavy atom. The second-order valence-electron chi connectivity index (χ2n) is 4.39. The van der Waals surface area contributed by atoms with Crippen LogP contribution in [-0.2, 0) is 6.42 Å². The normalized spacial score (nSPS) is 10.1. The molecule has 4 heteroatoms. The second-order valence-corrected chi connectivity index (χ2v) is 5.88. The summed E-state index contributed by atoms with van der Waals surface area (Å²) >= 11 is 8.31. The quantitative estimate of drug-likeness (QED) is 0.519. The van der Waals surface area contributed by atoms with E-state index in [0.29, 0.717) is 22.1 Å². The van der Waals surface area contributed by atoms with Crippen molar-refractivity contribution >= 4 is 34.2 Å². The highest BCUT2D eigenvalue weighted by molar-refractivity contribution is 14.1. The molecule has 102 valence electrons. The maximum atomic E-state index is 9.23. The van der Waals surface area contributed by atoms with Gasteiger partial charge >= 0.3 is 0 Å². The summed E-state index contributed by atoms with van der Waals surface area (Å²) in [5.74, 6) is 1.26. The van der Waals surface area contributed by atoms with E-state index in [1.54, 1.807) is 12.1 Å². The van der Waals surface area contributed by atoms with Gasteiger partial charge in [0, 0.05) is 9.45 Å². The van der Waals surface area contributed by atoms with Crippen molar-refractivity contribution in [3.05, 3.63) is 58.1 Å². The van der Waals surface area contributed by atoms with Crippen molar-refractivity contribution in [3.8, 4) is 17.6 Å². The molecule has 0 saturated heterocycles. The highest BCUT2D eigenvalue weighted by Crippen LogP contribution is 2.28. The van der Waals surface area contributed by atoms with Crippen LogP contribution in [0.3, 0.4) is 0 Å². The largest absolute Gasteiger partial charge is 0.456 e. The van der Waals surface area contributed by atoms with Gasteiger partial charge in [-0.05, 0) is 54.8 Å². The van der Waals surface area contributed by atoms with E-state index in [2.05, 4.69) is 28.7 Å². The van der Waals surface area contributed by atoms with E-state index in [1.165, 1.54) is 0 Å². The van der Waals surface area contributed by atoms with Crippen LogP contribution in [0.5, 0.6) is 11.5 Å². The van der Waals surface area contributed by atoms with Gasteiger partial charge in [0.05, 0.1) is 5.56 Å². The van der Waals surface area contributed by atoms with Crippen molar-refractivity contribution < 1.29 is 4.74 Å². The molecule has 2 rings (SSSR count). The minimum atomic E-state index is 0.556. The molecule has 0 amide bonds. The molecule has 0 aliphatic heterocycles. The summed E-state index contributed by atoms with van der Waals surface area (Å²) in [6.07, 6.45) is 0.954. The van der Waals surface area contributed by atoms with Crippen LogP contribution >= 0.6 is 34.2 Å². The van der Waals surface area contributed by atoms with Gasteiger partial charge in [-0.1, -0.05) is 40.3 Å². The van der Waals surface area contributed by atoms with E-state index >= 15 is 0 Å². The van der Waals surface area contributed by atoms with Crippen molar-refractivity contribution in [1.29, 1.82) is 5.26 Å². The smallest absolute Gasteiger partial charge is 0.145 e. The number of hydrogen-bond donors (Lipinski definition) is 0. The third-order valence-electron chi connectivity index (χ3n) is 2.90. The topological polar surface area (TPSA) is 33.0 Å². The van der Waals surface area contributed by atoms with Gasteiger partial charge in [-0.25, -0.2) is 0 Å². The van der Waals surface area contributed by atoms with Crippen LogP contribution < -0.4 is 4.74 Å². The van der Waals surface area contributed by atoms with E-state index in [1.807, 2.05) is 31.2 Å². The molecule has 0 aliphatic carbocycles. The molecule has 0 spiro atoms. The van der Waals surface area contributed by atoms with Gasteiger partial charge in [0.15, 0.2) is 0 Å². The first-order valence-corrected chi connectivity index (χ1v) is 8.07. The number of ether oxygens (including phenoxy) is 1. The van der Waals surface area contributed by atoms with Crippen LogP contribution in [0.4, 0.5) is 0 Å². The monoisotopic (exact) mass is 397 g/mol. The minimum Gasteiger partial charge on any atom is -0.456 e. The third kappa shape index (κ3) is 3.65. The first-order valence-electron chi connectivity index (χ1n) is 6.17. The molecule has 0 aliphatic rings. The highest BCUT2D eigenvalue weighted by Gasteiger charge is 2.07. The number of alkyl halides is 1. The number of aryl methyl sites for hydroxylation is 2. The first kappa shape index (κ1) is 15.1. The fourth-order valence-corrected chi connectivity index (χ4v) is 2.57. The van der Waals surface area contributed by atoms with Crippen molar-refractivity contribution in [2.75, 3.05) is 4.43 Å². The van der Waals surface area contributed by atoms with E-state index in [4.69, 9.17) is 16.3 Å². The summed E-state index contributed by atoms with van der Waals surface area (Å²) in [5.41, 5.74) is 2.65. The van der Waals surface area contributed by atoms with Crippen LogP contribution in [0.2, 0.25) is 5.02 Å². The van der Waals surface area contributed by atoms with Crippen molar-refractivity contribution in [2.45, 2.75) is 13.3 Å². The summed E-state index contributed by atoms with van der Waals surface area (Å²) in [6, 6.07) is 13.4. The summed E-state index contributed by atoms with van der Waals surface area (Å²) in [5, 5.41) is 9.94. The molecular weight excluding hydrogens is 385 g/mol. The SMILES string of the molecule is Cc1cc(Oc2ccc(CCI)cc2C#N)ccc1Cl. The van der Waals surface area contributed by atoms with Crippen molar-refractivity contribution in [3.63, 3.8) is 0 Å². The zero-order valence-electron chi connectivity index (χ0n) is 11.0. The number of rotatable bonds is 4.